The monoisotopic (exact) mass is 309 g/mol. The van der Waals surface area contributed by atoms with Gasteiger partial charge in [-0.15, -0.1) is 0 Å². The molecule has 0 aliphatic carbocycles. The van der Waals surface area contributed by atoms with Crippen molar-refractivity contribution >= 4 is 27.3 Å². The molecule has 1 aromatic carbocycles. The molecule has 1 unspecified atom stereocenters. The van der Waals surface area contributed by atoms with Crippen LogP contribution in [0.4, 0.5) is 11.4 Å². The second-order valence-electron chi connectivity index (χ2n) is 5.25. The third kappa shape index (κ3) is 2.64. The Kier molecular flexibility index (Phi) is 3.75. The Labute approximate surface area is 117 Å². The molecule has 1 aromatic rings. The van der Waals surface area contributed by atoms with Crippen LogP contribution in [-0.4, -0.2) is 32.7 Å². The Bertz CT molecular complexity index is 416. The molecule has 2 aliphatic heterocycles. The molecule has 0 bridgehead atoms. The number of piperidine rings is 1. The molecule has 1 saturated heterocycles. The first-order valence-electron chi connectivity index (χ1n) is 6.82. The van der Waals surface area contributed by atoms with Gasteiger partial charge in [0.25, 0.3) is 0 Å². The van der Waals surface area contributed by atoms with Gasteiger partial charge >= 0.3 is 0 Å². The Morgan fingerprint density at radius 3 is 3.11 bits per heavy atom. The SMILES string of the molecule is Brc1ccc2c(c1)N(CC1CCCNC1)CCN2. The Balaban J connectivity index is 1.75. The summed E-state index contributed by atoms with van der Waals surface area (Å²) in [6, 6.07) is 6.51. The Morgan fingerprint density at radius 1 is 1.33 bits per heavy atom. The maximum Gasteiger partial charge on any atom is 0.0614 e. The molecule has 2 N–H and O–H groups in total. The number of halogens is 1. The van der Waals surface area contributed by atoms with Crippen molar-refractivity contribution < 1.29 is 0 Å². The second kappa shape index (κ2) is 5.49. The lowest BCUT2D eigenvalue weighted by atomic mass is 9.98. The fourth-order valence-corrected chi connectivity index (χ4v) is 3.29. The maximum atomic E-state index is 3.58. The molecule has 0 saturated carbocycles. The van der Waals surface area contributed by atoms with Crippen LogP contribution in [-0.2, 0) is 0 Å². The van der Waals surface area contributed by atoms with E-state index in [0.29, 0.717) is 0 Å². The highest BCUT2D eigenvalue weighted by Gasteiger charge is 2.21. The number of nitrogens with one attached hydrogen (secondary N) is 2. The van der Waals surface area contributed by atoms with Crippen LogP contribution in [0.25, 0.3) is 0 Å². The molecular weight excluding hydrogens is 290 g/mol. The summed E-state index contributed by atoms with van der Waals surface area (Å²) in [5.74, 6) is 0.795. The molecule has 0 amide bonds. The van der Waals surface area contributed by atoms with Gasteiger partial charge in [-0.05, 0) is 50.0 Å². The molecule has 1 fully saturated rings. The van der Waals surface area contributed by atoms with Gasteiger partial charge in [0.2, 0.25) is 0 Å². The average molecular weight is 310 g/mol. The number of nitrogens with zero attached hydrogens (tertiary/aromatic N) is 1. The van der Waals surface area contributed by atoms with E-state index in [1.807, 2.05) is 0 Å². The van der Waals surface area contributed by atoms with E-state index in [1.165, 1.54) is 43.9 Å². The van der Waals surface area contributed by atoms with Crippen LogP contribution in [0.3, 0.4) is 0 Å². The number of benzene rings is 1. The third-order valence-electron chi connectivity index (χ3n) is 3.88. The van der Waals surface area contributed by atoms with Crippen molar-refractivity contribution in [2.75, 3.05) is 42.9 Å². The largest absolute Gasteiger partial charge is 0.382 e. The summed E-state index contributed by atoms with van der Waals surface area (Å²) in [6.07, 6.45) is 2.68. The lowest BCUT2D eigenvalue weighted by Gasteiger charge is -2.36. The van der Waals surface area contributed by atoms with Gasteiger partial charge in [0.15, 0.2) is 0 Å². The van der Waals surface area contributed by atoms with Gasteiger partial charge in [0, 0.05) is 24.1 Å². The minimum atomic E-state index is 0.795. The zero-order valence-corrected chi connectivity index (χ0v) is 12.2. The van der Waals surface area contributed by atoms with E-state index in [0.717, 1.165) is 23.5 Å². The predicted octanol–water partition coefficient (Wildman–Crippen LogP) is 2.68. The number of fused-ring (bicyclic) bond motifs is 1. The Hall–Kier alpha value is -0.740. The van der Waals surface area contributed by atoms with Crippen LogP contribution in [0.15, 0.2) is 22.7 Å². The van der Waals surface area contributed by atoms with E-state index in [-0.39, 0.29) is 0 Å². The lowest BCUT2D eigenvalue weighted by Crippen LogP contribution is -2.42. The normalized spacial score (nSPS) is 23.4. The van der Waals surface area contributed by atoms with Gasteiger partial charge in [-0.1, -0.05) is 15.9 Å². The van der Waals surface area contributed by atoms with E-state index in [9.17, 15) is 0 Å². The summed E-state index contributed by atoms with van der Waals surface area (Å²) in [5, 5.41) is 6.99. The Morgan fingerprint density at radius 2 is 2.28 bits per heavy atom. The van der Waals surface area contributed by atoms with Crippen LogP contribution >= 0.6 is 15.9 Å². The number of anilines is 2. The summed E-state index contributed by atoms with van der Waals surface area (Å²) in [7, 11) is 0. The van der Waals surface area contributed by atoms with E-state index in [4.69, 9.17) is 0 Å². The van der Waals surface area contributed by atoms with Crippen LogP contribution in [0, 0.1) is 5.92 Å². The van der Waals surface area contributed by atoms with Crippen molar-refractivity contribution in [1.29, 1.82) is 0 Å². The number of hydrogen-bond donors (Lipinski definition) is 2. The van der Waals surface area contributed by atoms with Crippen LogP contribution in [0.2, 0.25) is 0 Å². The zero-order valence-electron chi connectivity index (χ0n) is 10.6. The summed E-state index contributed by atoms with van der Waals surface area (Å²) in [5.41, 5.74) is 2.62. The van der Waals surface area contributed by atoms with Crippen LogP contribution in [0.1, 0.15) is 12.8 Å². The van der Waals surface area contributed by atoms with Crippen molar-refractivity contribution in [2.45, 2.75) is 12.8 Å². The molecule has 2 aliphatic rings. The quantitative estimate of drug-likeness (QED) is 0.879. The lowest BCUT2D eigenvalue weighted by molar-refractivity contribution is 0.377. The third-order valence-corrected chi connectivity index (χ3v) is 4.37. The summed E-state index contributed by atoms with van der Waals surface area (Å²) in [6.45, 7) is 5.71. The van der Waals surface area contributed by atoms with Gasteiger partial charge in [-0.25, -0.2) is 0 Å². The number of rotatable bonds is 2. The molecule has 0 spiro atoms. The predicted molar refractivity (Wildman–Crippen MR) is 80.4 cm³/mol. The van der Waals surface area contributed by atoms with Crippen molar-refractivity contribution in [1.82, 2.24) is 5.32 Å². The highest BCUT2D eigenvalue weighted by Crippen LogP contribution is 2.32. The highest BCUT2D eigenvalue weighted by atomic mass is 79.9. The fourth-order valence-electron chi connectivity index (χ4n) is 2.94. The standard InChI is InChI=1S/C14H20BrN3/c15-12-3-4-13-14(8-12)18(7-6-17-13)10-11-2-1-5-16-9-11/h3-4,8,11,16-17H,1-2,5-7,9-10H2. The maximum absolute atomic E-state index is 3.58. The molecule has 3 rings (SSSR count). The van der Waals surface area contributed by atoms with Crippen molar-refractivity contribution in [3.63, 3.8) is 0 Å². The number of hydrogen-bond acceptors (Lipinski definition) is 3. The molecule has 98 valence electrons. The molecule has 18 heavy (non-hydrogen) atoms. The minimum Gasteiger partial charge on any atom is -0.382 e. The van der Waals surface area contributed by atoms with Crippen LogP contribution in [0.5, 0.6) is 0 Å². The van der Waals surface area contributed by atoms with Gasteiger partial charge in [0.05, 0.1) is 11.4 Å². The molecule has 0 aromatic heterocycles. The second-order valence-corrected chi connectivity index (χ2v) is 6.16. The van der Waals surface area contributed by atoms with E-state index in [1.54, 1.807) is 0 Å². The summed E-state index contributed by atoms with van der Waals surface area (Å²) < 4.78 is 1.16. The average Bonchev–Trinajstić information content (AvgIpc) is 2.41. The van der Waals surface area contributed by atoms with E-state index in [2.05, 4.69) is 49.7 Å². The summed E-state index contributed by atoms with van der Waals surface area (Å²) in [4.78, 5) is 2.54. The molecule has 2 heterocycles. The molecule has 0 radical (unpaired) electrons. The topological polar surface area (TPSA) is 27.3 Å². The first-order chi connectivity index (χ1) is 8.83. The molecular formula is C14H20BrN3. The summed E-state index contributed by atoms with van der Waals surface area (Å²) >= 11 is 3.58. The fraction of sp³-hybridized carbons (Fsp3) is 0.571. The minimum absolute atomic E-state index is 0.795. The van der Waals surface area contributed by atoms with Crippen molar-refractivity contribution in [3.8, 4) is 0 Å². The zero-order chi connectivity index (χ0) is 12.4. The smallest absolute Gasteiger partial charge is 0.0614 e. The van der Waals surface area contributed by atoms with Gasteiger partial charge < -0.3 is 15.5 Å². The molecule has 3 nitrogen and oxygen atoms in total. The van der Waals surface area contributed by atoms with Crippen LogP contribution < -0.4 is 15.5 Å². The van der Waals surface area contributed by atoms with E-state index < -0.39 is 0 Å². The van der Waals surface area contributed by atoms with E-state index >= 15 is 0 Å². The first kappa shape index (κ1) is 12.3. The first-order valence-corrected chi connectivity index (χ1v) is 7.61. The van der Waals surface area contributed by atoms with Crippen molar-refractivity contribution in [3.05, 3.63) is 22.7 Å². The molecule has 1 atom stereocenters. The molecule has 4 heteroatoms. The van der Waals surface area contributed by atoms with Gasteiger partial charge in [-0.2, -0.15) is 0 Å². The van der Waals surface area contributed by atoms with Crippen molar-refractivity contribution in [2.24, 2.45) is 5.92 Å². The highest BCUT2D eigenvalue weighted by molar-refractivity contribution is 9.10. The van der Waals surface area contributed by atoms with Gasteiger partial charge in [-0.3, -0.25) is 0 Å². The van der Waals surface area contributed by atoms with Gasteiger partial charge in [0.1, 0.15) is 0 Å².